The highest BCUT2D eigenvalue weighted by Gasteiger charge is 2.56. The quantitative estimate of drug-likeness (QED) is 0.130. The summed E-state index contributed by atoms with van der Waals surface area (Å²) in [6.07, 6.45) is -3.65. The average molecular weight is 593 g/mol. The van der Waals surface area contributed by atoms with E-state index >= 15 is 0 Å². The largest absolute Gasteiger partial charge is 0.616 e. The van der Waals surface area contributed by atoms with Gasteiger partial charge in [0, 0.05) is 37.0 Å². The van der Waals surface area contributed by atoms with Gasteiger partial charge in [0.25, 0.3) is 0 Å². The lowest BCUT2D eigenvalue weighted by molar-refractivity contribution is -0.284. The van der Waals surface area contributed by atoms with Crippen molar-refractivity contribution in [2.75, 3.05) is 31.3 Å². The molecule has 0 aromatic heterocycles. The molecule has 1 aliphatic heterocycles. The Morgan fingerprint density at radius 1 is 0.925 bits per heavy atom. The van der Waals surface area contributed by atoms with Gasteiger partial charge in [-0.3, -0.25) is 0 Å². The van der Waals surface area contributed by atoms with Crippen LogP contribution in [0.3, 0.4) is 0 Å². The van der Waals surface area contributed by atoms with Crippen molar-refractivity contribution in [3.63, 3.8) is 0 Å². The number of fused-ring (bicyclic) bond motifs is 1. The van der Waals surface area contributed by atoms with Crippen LogP contribution in [0.5, 0.6) is 17.2 Å². The highest BCUT2D eigenvalue weighted by molar-refractivity contribution is 7.91. The minimum Gasteiger partial charge on any atom is -0.616 e. The zero-order chi connectivity index (χ0) is 29.4. The van der Waals surface area contributed by atoms with Gasteiger partial charge in [0.05, 0.1) is 6.61 Å². The predicted octanol–water partition coefficient (Wildman–Crippen LogP) is 7.23. The Hall–Kier alpha value is -2.24. The van der Waals surface area contributed by atoms with Crippen LogP contribution in [0, 0.1) is 0 Å². The molecule has 2 N–H and O–H groups in total. The fourth-order valence-electron chi connectivity index (χ4n) is 5.03. The number of halogens is 5. The van der Waals surface area contributed by atoms with Crippen LogP contribution in [-0.4, -0.2) is 58.2 Å². The lowest BCUT2D eigenvalue weighted by Gasteiger charge is -2.43. The molecule has 0 saturated carbocycles. The smallest absolute Gasteiger partial charge is 0.453 e. The van der Waals surface area contributed by atoms with E-state index < -0.39 is 36.1 Å². The lowest BCUT2D eigenvalue weighted by atomic mass is 9.66. The number of ether oxygens (including phenoxy) is 2. The molecule has 0 saturated heterocycles. The van der Waals surface area contributed by atoms with E-state index in [0.29, 0.717) is 38.4 Å². The highest BCUT2D eigenvalue weighted by atomic mass is 32.2. The van der Waals surface area contributed by atoms with Crippen LogP contribution in [0.1, 0.15) is 68.9 Å². The zero-order valence-electron chi connectivity index (χ0n) is 22.5. The van der Waals surface area contributed by atoms with Crippen molar-refractivity contribution in [3.05, 3.63) is 53.6 Å². The first kappa shape index (κ1) is 32.3. The van der Waals surface area contributed by atoms with Gasteiger partial charge in [-0.05, 0) is 61.4 Å². The molecule has 0 aliphatic carbocycles. The van der Waals surface area contributed by atoms with Crippen molar-refractivity contribution in [3.8, 4) is 17.2 Å². The van der Waals surface area contributed by atoms with Gasteiger partial charge >= 0.3 is 12.1 Å². The molecule has 2 aromatic rings. The Labute approximate surface area is 234 Å². The fourth-order valence-corrected chi connectivity index (χ4v) is 6.23. The van der Waals surface area contributed by atoms with E-state index in [2.05, 4.69) is 6.92 Å². The summed E-state index contributed by atoms with van der Waals surface area (Å²) in [7, 11) is 0. The maximum Gasteiger partial charge on any atom is 0.453 e. The van der Waals surface area contributed by atoms with E-state index in [0.717, 1.165) is 30.4 Å². The molecule has 3 atom stereocenters. The SMILES string of the molecule is CC1(c2ccc(O)cc2)COc2cc(O)ccc2C1CCCCOCCCC[S+]([O-])CCCC(F)(F)C(F)(F)F. The summed E-state index contributed by atoms with van der Waals surface area (Å²) in [6.45, 7) is 3.56. The van der Waals surface area contributed by atoms with Crippen LogP contribution in [0.25, 0.3) is 0 Å². The number of rotatable bonds is 15. The first-order valence-electron chi connectivity index (χ1n) is 13.5. The van der Waals surface area contributed by atoms with Crippen molar-refractivity contribution in [2.45, 2.75) is 75.3 Å². The molecule has 1 heterocycles. The first-order chi connectivity index (χ1) is 18.8. The molecule has 0 spiro atoms. The van der Waals surface area contributed by atoms with E-state index in [1.54, 1.807) is 24.3 Å². The van der Waals surface area contributed by atoms with Gasteiger partial charge in [0.2, 0.25) is 0 Å². The molecule has 3 rings (SSSR count). The van der Waals surface area contributed by atoms with Gasteiger partial charge in [-0.2, -0.15) is 22.0 Å². The van der Waals surface area contributed by atoms with Crippen molar-refractivity contribution in [1.82, 2.24) is 0 Å². The molecule has 2 aromatic carbocycles. The van der Waals surface area contributed by atoms with Crippen LogP contribution in [0.2, 0.25) is 0 Å². The van der Waals surface area contributed by atoms with E-state index in [4.69, 9.17) is 9.47 Å². The van der Waals surface area contributed by atoms with Crippen LogP contribution < -0.4 is 4.74 Å². The van der Waals surface area contributed by atoms with Gasteiger partial charge in [-0.25, -0.2) is 0 Å². The van der Waals surface area contributed by atoms with Crippen LogP contribution in [-0.2, 0) is 21.3 Å². The monoisotopic (exact) mass is 592 g/mol. The maximum atomic E-state index is 12.9. The van der Waals surface area contributed by atoms with Crippen LogP contribution >= 0.6 is 0 Å². The van der Waals surface area contributed by atoms with E-state index in [9.17, 15) is 36.7 Å². The lowest BCUT2D eigenvalue weighted by Crippen LogP contribution is -2.40. The molecule has 40 heavy (non-hydrogen) atoms. The number of phenols is 2. The number of hydrogen-bond donors (Lipinski definition) is 2. The molecule has 11 heteroatoms. The normalized spacial score (nSPS) is 20.1. The number of unbranched alkanes of at least 4 members (excludes halogenated alkanes) is 2. The van der Waals surface area contributed by atoms with Gasteiger partial charge < -0.3 is 24.2 Å². The summed E-state index contributed by atoms with van der Waals surface area (Å²) in [5.41, 5.74) is 1.74. The Morgan fingerprint density at radius 3 is 2.23 bits per heavy atom. The van der Waals surface area contributed by atoms with E-state index in [1.165, 1.54) is 0 Å². The molecule has 0 bridgehead atoms. The summed E-state index contributed by atoms with van der Waals surface area (Å²) in [5.74, 6) is -3.55. The standard InChI is InChI=1S/C29H37F5O5S/c1-27(21-8-10-22(35)11-9-21)20-39-26-19-23(36)12-13-24(26)25(27)7-2-3-15-38-16-4-5-17-40(37)18-6-14-28(30,31)29(32,33)34/h8-13,19,25,35-36H,2-7,14-18,20H2,1H3. The van der Waals surface area contributed by atoms with Crippen molar-refractivity contribution < 1.29 is 46.2 Å². The zero-order valence-corrected chi connectivity index (χ0v) is 23.3. The molecule has 3 unspecified atom stereocenters. The summed E-state index contributed by atoms with van der Waals surface area (Å²) in [4.78, 5) is 0. The molecular formula is C29H37F5O5S. The number of benzene rings is 2. The molecule has 5 nitrogen and oxygen atoms in total. The number of hydrogen-bond acceptors (Lipinski definition) is 5. The Morgan fingerprint density at radius 2 is 1.55 bits per heavy atom. The number of aromatic hydroxyl groups is 2. The minimum absolute atomic E-state index is 0.118. The Bertz CT molecular complexity index is 1070. The molecule has 1 aliphatic rings. The Kier molecular flexibility index (Phi) is 11.4. The number of phenolic OH excluding ortho intramolecular Hbond substituents is 2. The third-order valence-electron chi connectivity index (χ3n) is 7.42. The van der Waals surface area contributed by atoms with Crippen molar-refractivity contribution in [1.29, 1.82) is 0 Å². The predicted molar refractivity (Wildman–Crippen MR) is 144 cm³/mol. The summed E-state index contributed by atoms with van der Waals surface area (Å²) in [6, 6.07) is 12.3. The second-order valence-corrected chi connectivity index (χ2v) is 12.2. The van der Waals surface area contributed by atoms with Crippen molar-refractivity contribution in [2.24, 2.45) is 0 Å². The van der Waals surface area contributed by atoms with Crippen LogP contribution in [0.4, 0.5) is 22.0 Å². The molecule has 0 amide bonds. The molecule has 0 radical (unpaired) electrons. The third-order valence-corrected chi connectivity index (χ3v) is 8.90. The van der Waals surface area contributed by atoms with Gasteiger partial charge in [0.15, 0.2) is 0 Å². The second-order valence-electron chi connectivity index (χ2n) is 10.5. The number of alkyl halides is 5. The minimum atomic E-state index is -5.57. The third kappa shape index (κ3) is 8.63. The van der Waals surface area contributed by atoms with Gasteiger partial charge in [0.1, 0.15) is 28.8 Å². The van der Waals surface area contributed by atoms with Gasteiger partial charge in [-0.15, -0.1) is 0 Å². The maximum absolute atomic E-state index is 12.9. The average Bonchev–Trinajstić information content (AvgIpc) is 2.88. The van der Waals surface area contributed by atoms with Crippen molar-refractivity contribution >= 4 is 11.2 Å². The fraction of sp³-hybridized carbons (Fsp3) is 0.586. The summed E-state index contributed by atoms with van der Waals surface area (Å²) < 4.78 is 86.0. The summed E-state index contributed by atoms with van der Waals surface area (Å²) >= 11 is -1.44. The van der Waals surface area contributed by atoms with Gasteiger partial charge in [-0.1, -0.05) is 42.7 Å². The van der Waals surface area contributed by atoms with E-state index in [1.807, 2.05) is 18.2 Å². The van der Waals surface area contributed by atoms with Crippen LogP contribution in [0.15, 0.2) is 42.5 Å². The molecular weight excluding hydrogens is 555 g/mol. The van der Waals surface area contributed by atoms with E-state index in [-0.39, 0.29) is 34.3 Å². The first-order valence-corrected chi connectivity index (χ1v) is 14.9. The Balaban J connectivity index is 1.38. The summed E-state index contributed by atoms with van der Waals surface area (Å²) in [5, 5.41) is 19.6. The topological polar surface area (TPSA) is 82.0 Å². The molecule has 0 fully saturated rings. The second kappa shape index (κ2) is 14.1. The molecule has 224 valence electrons. The highest BCUT2D eigenvalue weighted by Crippen LogP contribution is 2.49.